The van der Waals surface area contributed by atoms with Gasteiger partial charge in [-0.25, -0.2) is 4.39 Å². The van der Waals surface area contributed by atoms with E-state index in [0.29, 0.717) is 0 Å². The second kappa shape index (κ2) is 3.44. The standard InChI is InChI=1S/C7H5F2NO3/c8-5-2-1-4(3-11)7(6(5)9)10(12)13/h1-2,11H,3H2. The van der Waals surface area contributed by atoms with Crippen LogP contribution in [0.3, 0.4) is 0 Å². The molecule has 0 atom stereocenters. The highest BCUT2D eigenvalue weighted by Crippen LogP contribution is 2.24. The number of aliphatic hydroxyl groups excluding tert-OH is 1. The van der Waals surface area contributed by atoms with Crippen molar-refractivity contribution in [2.24, 2.45) is 0 Å². The van der Waals surface area contributed by atoms with Gasteiger partial charge in [0.25, 0.3) is 0 Å². The Balaban J connectivity index is 3.41. The summed E-state index contributed by atoms with van der Waals surface area (Å²) < 4.78 is 25.3. The van der Waals surface area contributed by atoms with E-state index in [1.807, 2.05) is 0 Å². The van der Waals surface area contributed by atoms with Gasteiger partial charge in [0.1, 0.15) is 0 Å². The second-order valence-electron chi connectivity index (χ2n) is 2.28. The van der Waals surface area contributed by atoms with Crippen molar-refractivity contribution in [2.45, 2.75) is 6.61 Å². The minimum atomic E-state index is -1.54. The molecule has 0 aliphatic carbocycles. The van der Waals surface area contributed by atoms with Gasteiger partial charge in [0.15, 0.2) is 5.82 Å². The lowest BCUT2D eigenvalue weighted by Gasteiger charge is -2.00. The van der Waals surface area contributed by atoms with E-state index in [0.717, 1.165) is 12.1 Å². The van der Waals surface area contributed by atoms with Crippen LogP contribution >= 0.6 is 0 Å². The Morgan fingerprint density at radius 2 is 2.08 bits per heavy atom. The maximum atomic E-state index is 12.8. The van der Waals surface area contributed by atoms with Gasteiger partial charge in [-0.1, -0.05) is 0 Å². The molecule has 0 spiro atoms. The highest BCUT2D eigenvalue weighted by molar-refractivity contribution is 5.41. The van der Waals surface area contributed by atoms with Gasteiger partial charge in [-0.2, -0.15) is 4.39 Å². The van der Waals surface area contributed by atoms with E-state index in [-0.39, 0.29) is 5.56 Å². The summed E-state index contributed by atoms with van der Waals surface area (Å²) in [5, 5.41) is 18.8. The van der Waals surface area contributed by atoms with Crippen LogP contribution in [0.4, 0.5) is 14.5 Å². The number of halogens is 2. The lowest BCUT2D eigenvalue weighted by molar-refractivity contribution is -0.388. The van der Waals surface area contributed by atoms with Gasteiger partial charge in [-0.3, -0.25) is 10.1 Å². The minimum absolute atomic E-state index is 0.246. The fourth-order valence-electron chi connectivity index (χ4n) is 0.905. The molecule has 0 fully saturated rings. The summed E-state index contributed by atoms with van der Waals surface area (Å²) in [6.07, 6.45) is 0. The Labute approximate surface area is 71.6 Å². The molecule has 1 aromatic rings. The number of hydrogen-bond acceptors (Lipinski definition) is 3. The molecular weight excluding hydrogens is 184 g/mol. The van der Waals surface area contributed by atoms with Crippen molar-refractivity contribution in [2.75, 3.05) is 0 Å². The van der Waals surface area contributed by atoms with Gasteiger partial charge in [0, 0.05) is 0 Å². The first-order valence-corrected chi connectivity index (χ1v) is 3.30. The van der Waals surface area contributed by atoms with Crippen molar-refractivity contribution in [3.8, 4) is 0 Å². The van der Waals surface area contributed by atoms with Gasteiger partial charge in [0.05, 0.1) is 17.1 Å². The van der Waals surface area contributed by atoms with Crippen molar-refractivity contribution >= 4 is 5.69 Å². The van der Waals surface area contributed by atoms with Crippen LogP contribution in [0.5, 0.6) is 0 Å². The molecule has 0 saturated heterocycles. The van der Waals surface area contributed by atoms with Crippen molar-refractivity contribution in [1.29, 1.82) is 0 Å². The quantitative estimate of drug-likeness (QED) is 0.564. The Bertz CT molecular complexity index is 354. The number of nitro groups is 1. The third-order valence-corrected chi connectivity index (χ3v) is 1.51. The molecule has 13 heavy (non-hydrogen) atoms. The number of hydrogen-bond donors (Lipinski definition) is 1. The van der Waals surface area contributed by atoms with Gasteiger partial charge in [0.2, 0.25) is 5.82 Å². The molecule has 0 saturated carbocycles. The molecule has 0 aliphatic heterocycles. The third-order valence-electron chi connectivity index (χ3n) is 1.51. The highest BCUT2D eigenvalue weighted by Gasteiger charge is 2.22. The van der Waals surface area contributed by atoms with E-state index >= 15 is 0 Å². The van der Waals surface area contributed by atoms with Gasteiger partial charge < -0.3 is 5.11 Å². The average molecular weight is 189 g/mol. The normalized spacial score (nSPS) is 10.1. The Morgan fingerprint density at radius 3 is 2.54 bits per heavy atom. The Morgan fingerprint density at radius 1 is 1.46 bits per heavy atom. The molecule has 0 radical (unpaired) electrons. The van der Waals surface area contributed by atoms with E-state index in [4.69, 9.17) is 5.11 Å². The highest BCUT2D eigenvalue weighted by atomic mass is 19.2. The molecule has 0 unspecified atom stereocenters. The summed E-state index contributed by atoms with van der Waals surface area (Å²) in [5.74, 6) is -2.85. The molecule has 4 nitrogen and oxygen atoms in total. The van der Waals surface area contributed by atoms with Crippen molar-refractivity contribution < 1.29 is 18.8 Å². The van der Waals surface area contributed by atoms with E-state index in [1.165, 1.54) is 0 Å². The number of nitro benzene ring substituents is 1. The summed E-state index contributed by atoms with van der Waals surface area (Å²) in [7, 11) is 0. The van der Waals surface area contributed by atoms with Crippen LogP contribution in [0.25, 0.3) is 0 Å². The molecule has 0 aliphatic rings. The molecular formula is C7H5F2NO3. The summed E-state index contributed by atoms with van der Waals surface area (Å²) in [5.41, 5.74) is -1.26. The van der Waals surface area contributed by atoms with E-state index in [1.54, 1.807) is 0 Å². The minimum Gasteiger partial charge on any atom is -0.391 e. The van der Waals surface area contributed by atoms with Crippen LogP contribution in [0.2, 0.25) is 0 Å². The van der Waals surface area contributed by atoms with Crippen LogP contribution in [0.15, 0.2) is 12.1 Å². The molecule has 1 N–H and O–H groups in total. The molecule has 0 heterocycles. The largest absolute Gasteiger partial charge is 0.391 e. The van der Waals surface area contributed by atoms with Crippen molar-refractivity contribution in [3.05, 3.63) is 39.4 Å². The smallest absolute Gasteiger partial charge is 0.313 e. The van der Waals surface area contributed by atoms with Crippen LogP contribution in [-0.4, -0.2) is 10.0 Å². The van der Waals surface area contributed by atoms with Crippen LogP contribution in [-0.2, 0) is 6.61 Å². The van der Waals surface area contributed by atoms with Crippen molar-refractivity contribution in [1.82, 2.24) is 0 Å². The molecule has 0 aromatic heterocycles. The van der Waals surface area contributed by atoms with Crippen LogP contribution in [0.1, 0.15) is 5.56 Å². The lowest BCUT2D eigenvalue weighted by Crippen LogP contribution is -2.00. The van der Waals surface area contributed by atoms with E-state index < -0.39 is 28.9 Å². The number of aliphatic hydroxyl groups is 1. The zero-order valence-electron chi connectivity index (χ0n) is 6.33. The first kappa shape index (κ1) is 9.53. The first-order chi connectivity index (χ1) is 6.07. The average Bonchev–Trinajstić information content (AvgIpc) is 2.08. The number of benzene rings is 1. The topological polar surface area (TPSA) is 63.4 Å². The molecule has 6 heteroatoms. The molecule has 1 aromatic carbocycles. The van der Waals surface area contributed by atoms with Gasteiger partial charge >= 0.3 is 5.69 Å². The predicted molar refractivity (Wildman–Crippen MR) is 38.9 cm³/mol. The number of rotatable bonds is 2. The maximum Gasteiger partial charge on any atom is 0.313 e. The second-order valence-corrected chi connectivity index (χ2v) is 2.28. The Kier molecular flexibility index (Phi) is 2.52. The third kappa shape index (κ3) is 1.62. The van der Waals surface area contributed by atoms with E-state index in [9.17, 15) is 18.9 Å². The van der Waals surface area contributed by atoms with Gasteiger partial charge in [-0.05, 0) is 12.1 Å². The maximum absolute atomic E-state index is 12.8. The fourth-order valence-corrected chi connectivity index (χ4v) is 0.905. The zero-order valence-corrected chi connectivity index (χ0v) is 6.33. The van der Waals surface area contributed by atoms with Gasteiger partial charge in [-0.15, -0.1) is 0 Å². The molecule has 70 valence electrons. The van der Waals surface area contributed by atoms with Crippen LogP contribution < -0.4 is 0 Å². The summed E-state index contributed by atoms with van der Waals surface area (Å²) in [6.45, 7) is -0.701. The first-order valence-electron chi connectivity index (χ1n) is 3.30. The van der Waals surface area contributed by atoms with Crippen LogP contribution in [0, 0.1) is 21.7 Å². The van der Waals surface area contributed by atoms with E-state index in [2.05, 4.69) is 0 Å². The summed E-state index contributed by atoms with van der Waals surface area (Å²) in [6, 6.07) is 1.70. The monoisotopic (exact) mass is 189 g/mol. The lowest BCUT2D eigenvalue weighted by atomic mass is 10.2. The zero-order chi connectivity index (χ0) is 10.0. The fraction of sp³-hybridized carbons (Fsp3) is 0.143. The number of nitrogens with zero attached hydrogens (tertiary/aromatic N) is 1. The molecule has 0 amide bonds. The molecule has 0 bridgehead atoms. The SMILES string of the molecule is O=[N+]([O-])c1c(CO)ccc(F)c1F. The Hall–Kier alpha value is -1.56. The summed E-state index contributed by atoms with van der Waals surface area (Å²) in [4.78, 5) is 9.18. The molecule has 1 rings (SSSR count). The summed E-state index contributed by atoms with van der Waals surface area (Å²) >= 11 is 0. The predicted octanol–water partition coefficient (Wildman–Crippen LogP) is 1.37. The van der Waals surface area contributed by atoms with Crippen molar-refractivity contribution in [3.63, 3.8) is 0 Å².